The highest BCUT2D eigenvalue weighted by Gasteiger charge is 2.37. The lowest BCUT2D eigenvalue weighted by Crippen LogP contribution is -2.20. The lowest BCUT2D eigenvalue weighted by molar-refractivity contribution is -0.141. The number of rotatable bonds is 6. The number of H-pyrrole nitrogens is 1. The summed E-state index contributed by atoms with van der Waals surface area (Å²) in [5, 5.41) is 1.17. The van der Waals surface area contributed by atoms with Crippen molar-refractivity contribution in [1.82, 2.24) is 4.98 Å². The van der Waals surface area contributed by atoms with E-state index in [1.807, 2.05) is 36.5 Å². The topological polar surface area (TPSA) is 60.5 Å². The molecule has 1 aliphatic heterocycles. The van der Waals surface area contributed by atoms with Crippen LogP contribution in [0.1, 0.15) is 11.1 Å². The Hall–Kier alpha value is -2.95. The van der Waals surface area contributed by atoms with Crippen molar-refractivity contribution in [3.63, 3.8) is 0 Å². The number of ether oxygens (including phenoxy) is 3. The van der Waals surface area contributed by atoms with Gasteiger partial charge in [0.15, 0.2) is 11.5 Å². The van der Waals surface area contributed by atoms with Crippen LogP contribution in [-0.2, 0) is 22.4 Å². The molecule has 5 nitrogen and oxygen atoms in total. The zero-order valence-electron chi connectivity index (χ0n) is 15.5. The fraction of sp³-hybridized carbons (Fsp3) is 0.318. The molecule has 1 fully saturated rings. The number of methoxy groups -OCH3 is 2. The summed E-state index contributed by atoms with van der Waals surface area (Å²) in [5.74, 6) is 1.31. The van der Waals surface area contributed by atoms with Gasteiger partial charge in [0.25, 0.3) is 0 Å². The Morgan fingerprint density at radius 3 is 2.74 bits per heavy atom. The van der Waals surface area contributed by atoms with Gasteiger partial charge in [-0.15, -0.1) is 0 Å². The zero-order chi connectivity index (χ0) is 18.8. The van der Waals surface area contributed by atoms with Gasteiger partial charge in [-0.05, 0) is 48.2 Å². The van der Waals surface area contributed by atoms with Crippen molar-refractivity contribution in [2.24, 2.45) is 11.8 Å². The van der Waals surface area contributed by atoms with E-state index in [9.17, 15) is 4.79 Å². The molecule has 2 unspecified atom stereocenters. The predicted octanol–water partition coefficient (Wildman–Crippen LogP) is 3.76. The minimum Gasteiger partial charge on any atom is -0.493 e. The first-order valence-corrected chi connectivity index (χ1v) is 9.12. The van der Waals surface area contributed by atoms with Gasteiger partial charge in [-0.3, -0.25) is 4.79 Å². The average molecular weight is 365 g/mol. The van der Waals surface area contributed by atoms with Crippen LogP contribution < -0.4 is 9.47 Å². The summed E-state index contributed by atoms with van der Waals surface area (Å²) < 4.78 is 16.1. The number of fused-ring (bicyclic) bond motifs is 1. The molecular weight excluding hydrogens is 342 g/mol. The number of hydrogen-bond donors (Lipinski definition) is 1. The van der Waals surface area contributed by atoms with E-state index in [2.05, 4.69) is 17.1 Å². The van der Waals surface area contributed by atoms with E-state index in [1.165, 1.54) is 10.9 Å². The van der Waals surface area contributed by atoms with Crippen molar-refractivity contribution in [3.8, 4) is 11.5 Å². The molecule has 140 valence electrons. The fourth-order valence-electron chi connectivity index (χ4n) is 3.93. The van der Waals surface area contributed by atoms with Gasteiger partial charge in [0.05, 0.1) is 26.7 Å². The van der Waals surface area contributed by atoms with E-state index in [1.54, 1.807) is 14.2 Å². The van der Waals surface area contributed by atoms with E-state index >= 15 is 0 Å². The van der Waals surface area contributed by atoms with E-state index in [0.29, 0.717) is 24.5 Å². The molecule has 0 bridgehead atoms. The largest absolute Gasteiger partial charge is 0.493 e. The first kappa shape index (κ1) is 17.5. The molecule has 2 heterocycles. The minimum atomic E-state index is -0.140. The van der Waals surface area contributed by atoms with E-state index in [0.717, 1.165) is 17.5 Å². The number of carbonyl (C=O) groups excluding carboxylic acids is 1. The fourth-order valence-corrected chi connectivity index (χ4v) is 3.93. The van der Waals surface area contributed by atoms with Gasteiger partial charge >= 0.3 is 5.97 Å². The molecule has 27 heavy (non-hydrogen) atoms. The second-order valence-corrected chi connectivity index (χ2v) is 6.95. The molecule has 0 spiro atoms. The first-order chi connectivity index (χ1) is 13.2. The standard InChI is InChI=1S/C22H23NO4/c1-25-20-7-6-14(11-21(20)26-2)10-16-13-27-22(24)18(16)12-15-4-3-5-19-17(15)8-9-23-19/h3-9,11,16,18,23H,10,12-13H2,1-2H3. The van der Waals surface area contributed by atoms with Gasteiger partial charge in [-0.2, -0.15) is 0 Å². The van der Waals surface area contributed by atoms with Crippen LogP contribution >= 0.6 is 0 Å². The Kier molecular flexibility index (Phi) is 4.75. The summed E-state index contributed by atoms with van der Waals surface area (Å²) in [4.78, 5) is 15.6. The van der Waals surface area contributed by atoms with Crippen molar-refractivity contribution in [2.45, 2.75) is 12.8 Å². The van der Waals surface area contributed by atoms with Crippen LogP contribution in [0.5, 0.6) is 11.5 Å². The van der Waals surface area contributed by atoms with Crippen LogP contribution in [-0.4, -0.2) is 31.8 Å². The number of cyclic esters (lactones) is 1. The lowest BCUT2D eigenvalue weighted by atomic mass is 9.84. The summed E-state index contributed by atoms with van der Waals surface area (Å²) >= 11 is 0. The van der Waals surface area contributed by atoms with Crippen LogP contribution in [0.2, 0.25) is 0 Å². The van der Waals surface area contributed by atoms with Crippen LogP contribution in [0.3, 0.4) is 0 Å². The molecule has 2 atom stereocenters. The molecule has 0 radical (unpaired) electrons. The normalized spacial score (nSPS) is 19.3. The number of aromatic amines is 1. The van der Waals surface area contributed by atoms with Crippen molar-refractivity contribution in [1.29, 1.82) is 0 Å². The predicted molar refractivity (Wildman–Crippen MR) is 103 cm³/mol. The highest BCUT2D eigenvalue weighted by atomic mass is 16.5. The van der Waals surface area contributed by atoms with Crippen LogP contribution in [0.25, 0.3) is 10.9 Å². The monoisotopic (exact) mass is 365 g/mol. The molecule has 4 rings (SSSR count). The van der Waals surface area contributed by atoms with Gasteiger partial charge in [0.1, 0.15) is 0 Å². The number of aromatic nitrogens is 1. The Balaban J connectivity index is 1.56. The number of benzene rings is 2. The first-order valence-electron chi connectivity index (χ1n) is 9.12. The Morgan fingerprint density at radius 1 is 1.07 bits per heavy atom. The number of hydrogen-bond acceptors (Lipinski definition) is 4. The quantitative estimate of drug-likeness (QED) is 0.676. The van der Waals surface area contributed by atoms with Gasteiger partial charge in [-0.25, -0.2) is 0 Å². The minimum absolute atomic E-state index is 0.104. The maximum Gasteiger partial charge on any atom is 0.309 e. The van der Waals surface area contributed by atoms with Gasteiger partial charge in [0.2, 0.25) is 0 Å². The Bertz CT molecular complexity index is 962. The van der Waals surface area contributed by atoms with Gasteiger partial charge in [-0.1, -0.05) is 18.2 Å². The molecule has 1 aromatic heterocycles. The summed E-state index contributed by atoms with van der Waals surface area (Å²) in [6.45, 7) is 0.459. The lowest BCUT2D eigenvalue weighted by Gasteiger charge is -2.17. The van der Waals surface area contributed by atoms with Crippen molar-refractivity contribution in [2.75, 3.05) is 20.8 Å². The number of carbonyl (C=O) groups is 1. The molecule has 0 saturated carbocycles. The van der Waals surface area contributed by atoms with E-state index in [4.69, 9.17) is 14.2 Å². The molecule has 1 N–H and O–H groups in total. The van der Waals surface area contributed by atoms with Gasteiger partial charge < -0.3 is 19.2 Å². The summed E-state index contributed by atoms with van der Waals surface area (Å²) in [7, 11) is 3.25. The number of esters is 1. The van der Waals surface area contributed by atoms with Crippen LogP contribution in [0, 0.1) is 11.8 Å². The third kappa shape index (κ3) is 3.37. The zero-order valence-corrected chi connectivity index (χ0v) is 15.5. The molecule has 1 aliphatic rings. The van der Waals surface area contributed by atoms with E-state index < -0.39 is 0 Å². The number of nitrogens with one attached hydrogen (secondary N) is 1. The second-order valence-electron chi connectivity index (χ2n) is 6.95. The van der Waals surface area contributed by atoms with Crippen molar-refractivity contribution < 1.29 is 19.0 Å². The maximum absolute atomic E-state index is 12.4. The van der Waals surface area contributed by atoms with Crippen molar-refractivity contribution >= 4 is 16.9 Å². The SMILES string of the molecule is COc1ccc(CC2COC(=O)C2Cc2cccc3[nH]ccc23)cc1OC. The van der Waals surface area contributed by atoms with Crippen molar-refractivity contribution in [3.05, 3.63) is 59.8 Å². The van der Waals surface area contributed by atoms with Crippen LogP contribution in [0.4, 0.5) is 0 Å². The molecule has 5 heteroatoms. The molecular formula is C22H23NO4. The summed E-state index contributed by atoms with van der Waals surface area (Å²) in [5.41, 5.74) is 3.38. The average Bonchev–Trinajstić information content (AvgIpc) is 3.30. The summed E-state index contributed by atoms with van der Waals surface area (Å²) in [6.07, 6.45) is 3.38. The van der Waals surface area contributed by atoms with Crippen LogP contribution in [0.15, 0.2) is 48.7 Å². The third-order valence-corrected chi connectivity index (χ3v) is 5.38. The molecule has 1 saturated heterocycles. The van der Waals surface area contributed by atoms with E-state index in [-0.39, 0.29) is 17.8 Å². The molecule has 0 amide bonds. The summed E-state index contributed by atoms with van der Waals surface area (Å²) in [6, 6.07) is 14.1. The highest BCUT2D eigenvalue weighted by Crippen LogP contribution is 2.33. The molecule has 2 aromatic carbocycles. The second kappa shape index (κ2) is 7.35. The molecule has 0 aliphatic carbocycles. The third-order valence-electron chi connectivity index (χ3n) is 5.38. The Morgan fingerprint density at radius 2 is 1.93 bits per heavy atom. The van der Waals surface area contributed by atoms with Gasteiger partial charge in [0, 0.05) is 23.0 Å². The highest BCUT2D eigenvalue weighted by molar-refractivity contribution is 5.84. The smallest absolute Gasteiger partial charge is 0.309 e. The Labute approximate surface area is 158 Å². The molecule has 3 aromatic rings. The maximum atomic E-state index is 12.4.